The average molecular weight is 779 g/mol. The molecule has 0 atom stereocenters. The highest BCUT2D eigenvalue weighted by Crippen LogP contribution is 2.44. The van der Waals surface area contributed by atoms with Crippen LogP contribution in [0.2, 0.25) is 0 Å². The van der Waals surface area contributed by atoms with Gasteiger partial charge in [0.05, 0.1) is 11.0 Å². The fourth-order valence-corrected chi connectivity index (χ4v) is 9.14. The van der Waals surface area contributed by atoms with Crippen LogP contribution in [0.25, 0.3) is 82.1 Å². The number of anilines is 3. The monoisotopic (exact) mass is 778 g/mol. The minimum absolute atomic E-state index is 0.833. The van der Waals surface area contributed by atoms with Gasteiger partial charge in [0, 0.05) is 33.5 Å². The number of allylic oxidation sites excluding steroid dienone is 9. The van der Waals surface area contributed by atoms with E-state index in [-0.39, 0.29) is 0 Å². The van der Waals surface area contributed by atoms with E-state index in [1.165, 1.54) is 76.4 Å². The van der Waals surface area contributed by atoms with Crippen molar-refractivity contribution < 1.29 is 0 Å². The predicted molar refractivity (Wildman–Crippen MR) is 263 cm³/mol. The van der Waals surface area contributed by atoms with Crippen LogP contribution in [-0.2, 0) is 0 Å². The molecule has 10 aromatic rings. The van der Waals surface area contributed by atoms with E-state index in [4.69, 9.17) is 0 Å². The lowest BCUT2D eigenvalue weighted by molar-refractivity contribution is 1.21. The summed E-state index contributed by atoms with van der Waals surface area (Å²) in [5.74, 6) is 0. The molecule has 9 aromatic carbocycles. The zero-order valence-electron chi connectivity index (χ0n) is 33.7. The standard InChI is InChI=1S/C59H42N2/c1-41-16-6-2-3-11-21-46(31-26-41)61-58-25-15-14-24-53(58)57-39-55-52-37-36-49(38-54(52)50-22-12-13-23-51(50)56(55)40-59(57)61)60(47-32-27-44(28-33-47)42-17-7-4-8-18-42)48-34-29-45(30-35-48)43-19-9-5-10-20-43/h2-10,12-40H,1,11H2/b3-2-,16-6-,31-26?,46-21+. The largest absolute Gasteiger partial charge is 0.310 e. The first-order valence-corrected chi connectivity index (χ1v) is 21.0. The molecule has 0 unspecified atom stereocenters. The number of hydrogen-bond acceptors (Lipinski definition) is 1. The summed E-state index contributed by atoms with van der Waals surface area (Å²) in [5, 5.41) is 9.91. The van der Waals surface area contributed by atoms with Gasteiger partial charge in [-0.1, -0.05) is 176 Å². The average Bonchev–Trinajstić information content (AvgIpc) is 3.65. The van der Waals surface area contributed by atoms with Crippen molar-refractivity contribution in [2.75, 3.05) is 4.90 Å². The quantitative estimate of drug-likeness (QED) is 0.153. The first-order chi connectivity index (χ1) is 30.2. The van der Waals surface area contributed by atoms with E-state index in [9.17, 15) is 0 Å². The molecule has 1 aromatic heterocycles. The molecule has 0 spiro atoms. The van der Waals surface area contributed by atoms with Crippen molar-refractivity contribution >= 4 is 76.9 Å². The molecule has 0 saturated carbocycles. The van der Waals surface area contributed by atoms with Gasteiger partial charge in [-0.05, 0) is 127 Å². The van der Waals surface area contributed by atoms with Gasteiger partial charge in [-0.3, -0.25) is 0 Å². The van der Waals surface area contributed by atoms with Gasteiger partial charge in [0.2, 0.25) is 0 Å². The van der Waals surface area contributed by atoms with Crippen molar-refractivity contribution in [3.05, 3.63) is 243 Å². The Morgan fingerprint density at radius 1 is 0.377 bits per heavy atom. The molecule has 61 heavy (non-hydrogen) atoms. The van der Waals surface area contributed by atoms with Crippen LogP contribution in [0.15, 0.2) is 243 Å². The zero-order valence-corrected chi connectivity index (χ0v) is 33.7. The normalized spacial score (nSPS) is 15.0. The Morgan fingerprint density at radius 2 is 0.902 bits per heavy atom. The van der Waals surface area contributed by atoms with Gasteiger partial charge in [0.15, 0.2) is 0 Å². The van der Waals surface area contributed by atoms with E-state index in [0.717, 1.165) is 34.8 Å². The Hall–Kier alpha value is -7.94. The molecule has 2 heteroatoms. The Morgan fingerprint density at radius 3 is 1.56 bits per heavy atom. The van der Waals surface area contributed by atoms with Crippen LogP contribution in [-0.4, -0.2) is 4.57 Å². The number of benzene rings is 9. The van der Waals surface area contributed by atoms with Crippen molar-refractivity contribution in [2.45, 2.75) is 6.42 Å². The third kappa shape index (κ3) is 6.56. The molecule has 1 heterocycles. The Kier molecular flexibility index (Phi) is 9.09. The van der Waals surface area contributed by atoms with Gasteiger partial charge < -0.3 is 9.47 Å². The summed E-state index contributed by atoms with van der Waals surface area (Å²) >= 11 is 0. The molecule has 1 aliphatic carbocycles. The van der Waals surface area contributed by atoms with Crippen molar-refractivity contribution in [1.29, 1.82) is 0 Å². The fraction of sp³-hybridized carbons (Fsp3) is 0.0169. The first kappa shape index (κ1) is 36.2. The number of hydrogen-bond donors (Lipinski definition) is 0. The number of rotatable bonds is 6. The zero-order chi connectivity index (χ0) is 40.7. The number of para-hydroxylation sites is 1. The SMILES string of the molecule is C=C1C=C/C(n2c3ccccc3c3cc4c5ccc(N(c6ccc(-c7ccccc7)cc6)c6ccc(-c7ccccc7)cc6)cc5c5ccccc5c4cc32)=C\C/C=C\C=C/1. The van der Waals surface area contributed by atoms with Crippen LogP contribution < -0.4 is 4.90 Å². The molecule has 288 valence electrons. The van der Waals surface area contributed by atoms with Crippen LogP contribution >= 0.6 is 0 Å². The molecule has 0 amide bonds. The molecule has 1 aliphatic rings. The van der Waals surface area contributed by atoms with Gasteiger partial charge in [0.1, 0.15) is 0 Å². The minimum Gasteiger partial charge on any atom is -0.310 e. The van der Waals surface area contributed by atoms with E-state index >= 15 is 0 Å². The molecular weight excluding hydrogens is 737 g/mol. The van der Waals surface area contributed by atoms with Gasteiger partial charge in [0.25, 0.3) is 0 Å². The summed E-state index contributed by atoms with van der Waals surface area (Å²) in [4.78, 5) is 2.39. The Balaban J connectivity index is 1.12. The molecular formula is C59H42N2. The van der Waals surface area contributed by atoms with E-state index < -0.39 is 0 Å². The van der Waals surface area contributed by atoms with E-state index in [1.54, 1.807) is 0 Å². The first-order valence-electron chi connectivity index (χ1n) is 21.0. The third-order valence-corrected chi connectivity index (χ3v) is 12.1. The summed E-state index contributed by atoms with van der Waals surface area (Å²) in [6, 6.07) is 68.7. The van der Waals surface area contributed by atoms with Gasteiger partial charge in [-0.15, -0.1) is 0 Å². The molecule has 0 radical (unpaired) electrons. The number of nitrogens with zero attached hydrogens (tertiary/aromatic N) is 2. The predicted octanol–water partition coefficient (Wildman–Crippen LogP) is 16.5. The fourth-order valence-electron chi connectivity index (χ4n) is 9.14. The topological polar surface area (TPSA) is 8.17 Å². The summed E-state index contributed by atoms with van der Waals surface area (Å²) in [6.07, 6.45) is 15.9. The molecule has 0 N–H and O–H groups in total. The van der Waals surface area contributed by atoms with Gasteiger partial charge >= 0.3 is 0 Å². The smallest absolute Gasteiger partial charge is 0.0547 e. The van der Waals surface area contributed by atoms with Crippen LogP contribution in [0.3, 0.4) is 0 Å². The second-order valence-corrected chi connectivity index (χ2v) is 15.8. The summed E-state index contributed by atoms with van der Waals surface area (Å²) in [7, 11) is 0. The maximum atomic E-state index is 4.27. The molecule has 0 bridgehead atoms. The van der Waals surface area contributed by atoms with E-state index in [1.807, 2.05) is 0 Å². The molecule has 11 rings (SSSR count). The minimum atomic E-state index is 0.833. The lowest BCUT2D eigenvalue weighted by Crippen LogP contribution is -2.10. The van der Waals surface area contributed by atoms with Crippen molar-refractivity contribution in [3.63, 3.8) is 0 Å². The summed E-state index contributed by atoms with van der Waals surface area (Å²) in [6.45, 7) is 4.27. The molecule has 2 nitrogen and oxygen atoms in total. The van der Waals surface area contributed by atoms with Crippen LogP contribution in [0.4, 0.5) is 17.1 Å². The maximum absolute atomic E-state index is 4.27. The van der Waals surface area contributed by atoms with Gasteiger partial charge in [-0.2, -0.15) is 0 Å². The number of fused-ring (bicyclic) bond motifs is 9. The van der Waals surface area contributed by atoms with Crippen LogP contribution in [0.1, 0.15) is 6.42 Å². The highest BCUT2D eigenvalue weighted by molar-refractivity contribution is 6.29. The van der Waals surface area contributed by atoms with Crippen molar-refractivity contribution in [2.24, 2.45) is 0 Å². The second kappa shape index (κ2) is 15.3. The lowest BCUT2D eigenvalue weighted by atomic mass is 9.92. The Labute approximate surface area is 356 Å². The lowest BCUT2D eigenvalue weighted by Gasteiger charge is -2.27. The van der Waals surface area contributed by atoms with Crippen molar-refractivity contribution in [1.82, 2.24) is 4.57 Å². The molecule has 0 fully saturated rings. The number of aromatic nitrogens is 1. The second-order valence-electron chi connectivity index (χ2n) is 15.8. The molecule has 0 aliphatic heterocycles. The van der Waals surface area contributed by atoms with Crippen LogP contribution in [0.5, 0.6) is 0 Å². The maximum Gasteiger partial charge on any atom is 0.0547 e. The summed E-state index contributed by atoms with van der Waals surface area (Å²) < 4.78 is 2.43. The van der Waals surface area contributed by atoms with E-state index in [2.05, 4.69) is 247 Å². The highest BCUT2D eigenvalue weighted by Gasteiger charge is 2.19. The Bertz CT molecular complexity index is 3330. The molecule has 0 saturated heterocycles. The van der Waals surface area contributed by atoms with E-state index in [0.29, 0.717) is 0 Å². The van der Waals surface area contributed by atoms with Crippen LogP contribution in [0, 0.1) is 0 Å². The van der Waals surface area contributed by atoms with Gasteiger partial charge in [-0.25, -0.2) is 0 Å². The van der Waals surface area contributed by atoms with Crippen molar-refractivity contribution in [3.8, 4) is 22.3 Å². The third-order valence-electron chi connectivity index (χ3n) is 12.1. The summed E-state index contributed by atoms with van der Waals surface area (Å²) in [5.41, 5.74) is 12.6. The highest BCUT2D eigenvalue weighted by atomic mass is 15.1.